The second kappa shape index (κ2) is 11.4. The number of benzene rings is 1. The molecule has 47 heavy (non-hydrogen) atoms. The molecule has 7 rings (SSSR count). The molecule has 7 bridgehead atoms. The molecule has 1 spiro atoms. The van der Waals surface area contributed by atoms with Crippen LogP contribution < -0.4 is 4.74 Å². The van der Waals surface area contributed by atoms with Gasteiger partial charge in [0.1, 0.15) is 23.1 Å². The van der Waals surface area contributed by atoms with Gasteiger partial charge in [-0.3, -0.25) is 9.69 Å². The minimum absolute atomic E-state index is 0.179. The first-order chi connectivity index (χ1) is 22.5. The fraction of sp³-hybridized carbons (Fsp3) is 0.771. The topological polar surface area (TPSA) is 142 Å². The number of piperidine rings is 1. The molecule has 6 aliphatic rings. The molecular weight excluding hydrogens is 610 g/mol. The monoisotopic (exact) mass is 659 g/mol. The number of hydrogen-bond donors (Lipinski definition) is 2. The van der Waals surface area contributed by atoms with Crippen LogP contribution in [0, 0.1) is 34.5 Å². The van der Waals surface area contributed by atoms with Crippen LogP contribution in [0.3, 0.4) is 0 Å². The SMILES string of the molecule is CCN1C[C@]2(COC)[C@H](O)C[C@H](OC)[C@]34C1[C@@H]([C@H](OC)[C@H]23)[C@@]1(OC(C)=O)C[C@H](OC)[C@@]2(O)C[C@H]4[C@@H]1[C@H]2OC(=O)c1ccc(OC)cc1. The van der Waals surface area contributed by atoms with Gasteiger partial charge in [0.2, 0.25) is 0 Å². The highest BCUT2D eigenvalue weighted by Crippen LogP contribution is 2.80. The lowest BCUT2D eigenvalue weighted by Crippen LogP contribution is -2.79. The van der Waals surface area contributed by atoms with E-state index in [1.54, 1.807) is 52.7 Å². The van der Waals surface area contributed by atoms with Crippen molar-refractivity contribution < 1.29 is 53.0 Å². The highest BCUT2D eigenvalue weighted by molar-refractivity contribution is 5.89. The van der Waals surface area contributed by atoms with E-state index in [2.05, 4.69) is 11.8 Å². The maximum atomic E-state index is 13.9. The van der Waals surface area contributed by atoms with Gasteiger partial charge in [0.25, 0.3) is 0 Å². The summed E-state index contributed by atoms with van der Waals surface area (Å²) in [5, 5.41) is 24.8. The average molecular weight is 660 g/mol. The summed E-state index contributed by atoms with van der Waals surface area (Å²) in [5.41, 5.74) is -3.89. The Morgan fingerprint density at radius 1 is 0.979 bits per heavy atom. The third-order valence-corrected chi connectivity index (χ3v) is 13.4. The van der Waals surface area contributed by atoms with Crippen LogP contribution in [0.25, 0.3) is 0 Å². The van der Waals surface area contributed by atoms with E-state index in [1.165, 1.54) is 14.0 Å². The lowest BCUT2D eigenvalue weighted by atomic mass is 9.42. The number of rotatable bonds is 10. The summed E-state index contributed by atoms with van der Waals surface area (Å²) < 4.78 is 43.2. The first-order valence-corrected chi connectivity index (χ1v) is 16.7. The van der Waals surface area contributed by atoms with E-state index < -0.39 is 76.3 Å². The lowest BCUT2D eigenvalue weighted by Gasteiger charge is -2.70. The molecule has 0 amide bonds. The van der Waals surface area contributed by atoms with E-state index >= 15 is 0 Å². The van der Waals surface area contributed by atoms with E-state index in [0.717, 1.165) is 0 Å². The van der Waals surface area contributed by atoms with E-state index in [4.69, 9.17) is 33.2 Å². The number of ether oxygens (including phenoxy) is 7. The Morgan fingerprint density at radius 3 is 2.26 bits per heavy atom. The van der Waals surface area contributed by atoms with Crippen molar-refractivity contribution in [2.75, 3.05) is 55.2 Å². The summed E-state index contributed by atoms with van der Waals surface area (Å²) in [4.78, 5) is 29.5. The second-order valence-corrected chi connectivity index (χ2v) is 14.7. The van der Waals surface area contributed by atoms with Crippen LogP contribution in [0.5, 0.6) is 5.75 Å². The predicted molar refractivity (Wildman–Crippen MR) is 166 cm³/mol. The van der Waals surface area contributed by atoms with Crippen LogP contribution in [0.15, 0.2) is 24.3 Å². The Balaban J connectivity index is 1.47. The molecule has 5 saturated carbocycles. The van der Waals surface area contributed by atoms with Crippen LogP contribution in [0.1, 0.15) is 43.5 Å². The van der Waals surface area contributed by atoms with Gasteiger partial charge in [0.15, 0.2) is 0 Å². The fourth-order valence-corrected chi connectivity index (χ4v) is 12.4. The van der Waals surface area contributed by atoms with Gasteiger partial charge in [-0.1, -0.05) is 6.92 Å². The Kier molecular flexibility index (Phi) is 8.02. The molecule has 12 heteroatoms. The molecule has 12 nitrogen and oxygen atoms in total. The Labute approximate surface area is 275 Å². The third kappa shape index (κ3) is 4.00. The number of aliphatic hydroxyl groups excluding tert-OH is 1. The highest BCUT2D eigenvalue weighted by atomic mass is 16.6. The molecule has 2 N–H and O–H groups in total. The van der Waals surface area contributed by atoms with Crippen molar-refractivity contribution in [3.05, 3.63) is 29.8 Å². The summed E-state index contributed by atoms with van der Waals surface area (Å²) in [5.74, 6) is -2.10. The maximum absolute atomic E-state index is 13.9. The molecule has 1 saturated heterocycles. The molecule has 14 atom stereocenters. The van der Waals surface area contributed by atoms with Crippen molar-refractivity contribution in [1.29, 1.82) is 0 Å². The van der Waals surface area contributed by atoms with Crippen molar-refractivity contribution in [3.8, 4) is 5.75 Å². The van der Waals surface area contributed by atoms with E-state index in [9.17, 15) is 19.8 Å². The zero-order valence-electron chi connectivity index (χ0n) is 28.3. The number of methoxy groups -OCH3 is 5. The Hall–Kier alpha value is -2.32. The van der Waals surface area contributed by atoms with Crippen LogP contribution in [-0.2, 0) is 33.2 Å². The molecule has 1 aromatic rings. The number of nitrogens with zero attached hydrogens (tertiary/aromatic N) is 1. The van der Waals surface area contributed by atoms with Gasteiger partial charge in [-0.05, 0) is 43.1 Å². The van der Waals surface area contributed by atoms with Crippen LogP contribution in [0.4, 0.5) is 0 Å². The molecule has 1 aliphatic heterocycles. The molecule has 1 aromatic carbocycles. The zero-order valence-corrected chi connectivity index (χ0v) is 28.3. The second-order valence-electron chi connectivity index (χ2n) is 14.7. The summed E-state index contributed by atoms with van der Waals surface area (Å²) in [6.45, 7) is 5.04. The molecular formula is C35H49NO11. The molecule has 5 aliphatic carbocycles. The number of hydrogen-bond acceptors (Lipinski definition) is 12. The quantitative estimate of drug-likeness (QED) is 0.353. The molecule has 260 valence electrons. The van der Waals surface area contributed by atoms with Gasteiger partial charge < -0.3 is 43.4 Å². The minimum atomic E-state index is -1.58. The smallest absolute Gasteiger partial charge is 0.338 e. The largest absolute Gasteiger partial charge is 0.497 e. The van der Waals surface area contributed by atoms with E-state index in [1.807, 2.05) is 0 Å². The van der Waals surface area contributed by atoms with Crippen molar-refractivity contribution >= 4 is 11.9 Å². The van der Waals surface area contributed by atoms with Crippen molar-refractivity contribution in [3.63, 3.8) is 0 Å². The number of likely N-dealkylation sites (tertiary alicyclic amines) is 1. The van der Waals surface area contributed by atoms with Gasteiger partial charge in [-0.15, -0.1) is 0 Å². The highest BCUT2D eigenvalue weighted by Gasteiger charge is 2.90. The molecule has 1 heterocycles. The maximum Gasteiger partial charge on any atom is 0.338 e. The average Bonchev–Trinajstić information content (AvgIpc) is 3.43. The number of aliphatic hydroxyl groups is 2. The van der Waals surface area contributed by atoms with Crippen LogP contribution in [0.2, 0.25) is 0 Å². The first-order valence-electron chi connectivity index (χ1n) is 16.7. The van der Waals surface area contributed by atoms with Crippen LogP contribution in [-0.4, -0.2) is 130 Å². The Bertz CT molecular complexity index is 1390. The third-order valence-electron chi connectivity index (χ3n) is 13.4. The van der Waals surface area contributed by atoms with Crippen molar-refractivity contribution in [2.45, 2.75) is 80.9 Å². The van der Waals surface area contributed by atoms with Gasteiger partial charge in [-0.2, -0.15) is 0 Å². The summed E-state index contributed by atoms with van der Waals surface area (Å²) in [6.07, 6.45) is -2.70. The molecule has 0 radical (unpaired) electrons. The zero-order chi connectivity index (χ0) is 33.7. The normalized spacial score (nSPS) is 47.4. The number of carbonyl (C=O) groups excluding carboxylic acids is 2. The van der Waals surface area contributed by atoms with Gasteiger partial charge in [-0.25, -0.2) is 4.79 Å². The molecule has 6 fully saturated rings. The number of esters is 2. The number of fused-ring (bicyclic) bond motifs is 2. The van der Waals surface area contributed by atoms with Gasteiger partial charge in [0.05, 0.1) is 43.7 Å². The van der Waals surface area contributed by atoms with Gasteiger partial charge in [0, 0.05) is 89.4 Å². The van der Waals surface area contributed by atoms with Crippen molar-refractivity contribution in [2.24, 2.45) is 34.5 Å². The fourth-order valence-electron chi connectivity index (χ4n) is 12.4. The van der Waals surface area contributed by atoms with E-state index in [-0.39, 0.29) is 30.7 Å². The summed E-state index contributed by atoms with van der Waals surface area (Å²) >= 11 is 0. The van der Waals surface area contributed by atoms with Crippen molar-refractivity contribution in [1.82, 2.24) is 4.90 Å². The summed E-state index contributed by atoms with van der Waals surface area (Å²) in [6, 6.07) is 6.44. The predicted octanol–water partition coefficient (Wildman–Crippen LogP) is 1.69. The number of carbonyl (C=O) groups is 2. The Morgan fingerprint density at radius 2 is 1.68 bits per heavy atom. The lowest BCUT2D eigenvalue weighted by molar-refractivity contribution is -0.300. The minimum Gasteiger partial charge on any atom is -0.497 e. The standard InChI is InChI=1S/C35H49NO11/c1-8-36-16-32(17-41-3)22(38)13-23(43-5)35-21-14-33(40)24(44-6)15-34(47-18(2)37,26(29(35)36)27(45-7)28(32)35)25(21)30(33)46-31(39)19-9-11-20(42-4)12-10-19/h9-12,21-30,38,40H,8,13-17H2,1-7H3/t21-,22+,23-,24-,25+,26+,27-,28+,29?,30+,32-,33-,34+,35-/m0/s1. The van der Waals surface area contributed by atoms with Crippen LogP contribution >= 0.6 is 0 Å². The first kappa shape index (κ1) is 33.2. The molecule has 1 unspecified atom stereocenters. The van der Waals surface area contributed by atoms with E-state index in [0.29, 0.717) is 37.4 Å². The van der Waals surface area contributed by atoms with Gasteiger partial charge >= 0.3 is 11.9 Å². The summed E-state index contributed by atoms with van der Waals surface area (Å²) in [7, 11) is 8.11. The molecule has 0 aromatic heterocycles.